The summed E-state index contributed by atoms with van der Waals surface area (Å²) in [6.07, 6.45) is 2.98. The van der Waals surface area contributed by atoms with Gasteiger partial charge in [0, 0.05) is 5.92 Å². The number of nitrogens with two attached hydrogens (primary N) is 1. The molecule has 5 heteroatoms. The number of hydrogen-bond acceptors (Lipinski definition) is 3. The van der Waals surface area contributed by atoms with Crippen LogP contribution in [0.1, 0.15) is 12.8 Å². The van der Waals surface area contributed by atoms with E-state index in [4.69, 9.17) is 10.5 Å². The van der Waals surface area contributed by atoms with Gasteiger partial charge in [-0.15, -0.1) is 0 Å². The monoisotopic (exact) mass is 206 g/mol. The maximum atomic E-state index is 10.3. The van der Waals surface area contributed by atoms with Crippen molar-refractivity contribution in [3.8, 4) is 0 Å². The molecule has 0 unspecified atom stereocenters. The highest BCUT2D eigenvalue weighted by atomic mass is 31.2. The Morgan fingerprint density at radius 2 is 2.15 bits per heavy atom. The molecular formula is C8H17NO3P+. The molecule has 4 nitrogen and oxygen atoms in total. The highest BCUT2D eigenvalue weighted by molar-refractivity contribution is 7.69. The van der Waals surface area contributed by atoms with Crippen molar-refractivity contribution in [2.24, 2.45) is 11.7 Å². The first-order valence-electron chi connectivity index (χ1n) is 4.49. The van der Waals surface area contributed by atoms with E-state index in [-0.39, 0.29) is 0 Å². The Labute approximate surface area is 78.9 Å². The molecule has 1 aliphatic rings. The van der Waals surface area contributed by atoms with E-state index in [0.29, 0.717) is 12.5 Å². The summed E-state index contributed by atoms with van der Waals surface area (Å²) in [6.45, 7) is 2.37. The normalized spacial score (nSPS) is 34.2. The molecule has 0 saturated carbocycles. The van der Waals surface area contributed by atoms with Crippen LogP contribution < -0.4 is 5.73 Å². The van der Waals surface area contributed by atoms with Gasteiger partial charge >= 0.3 is 6.09 Å². The molecule has 1 saturated heterocycles. The zero-order valence-electron chi connectivity index (χ0n) is 7.90. The van der Waals surface area contributed by atoms with E-state index >= 15 is 0 Å². The van der Waals surface area contributed by atoms with E-state index in [1.165, 1.54) is 0 Å². The van der Waals surface area contributed by atoms with E-state index in [1.54, 1.807) is 0 Å². The third kappa shape index (κ3) is 3.92. The first-order chi connectivity index (χ1) is 5.99. The number of carbonyl (C=O) groups is 1. The first kappa shape index (κ1) is 10.7. The van der Waals surface area contributed by atoms with Crippen LogP contribution in [0.2, 0.25) is 0 Å². The van der Waals surface area contributed by atoms with E-state index in [2.05, 4.69) is 0 Å². The van der Waals surface area contributed by atoms with Crippen molar-refractivity contribution in [2.45, 2.75) is 12.8 Å². The third-order valence-corrected chi connectivity index (χ3v) is 4.94. The molecule has 0 aromatic rings. The summed E-state index contributed by atoms with van der Waals surface area (Å²) in [5.41, 5.74) is 4.86. The molecule has 0 spiro atoms. The summed E-state index contributed by atoms with van der Waals surface area (Å²) in [5, 5.41) is 0. The minimum atomic E-state index is -1.59. The number of primary amides is 1. The van der Waals surface area contributed by atoms with E-state index in [0.717, 1.165) is 25.2 Å². The second kappa shape index (κ2) is 4.25. The summed E-state index contributed by atoms with van der Waals surface area (Å²) in [7, 11) is -1.59. The highest BCUT2D eigenvalue weighted by Crippen LogP contribution is 2.55. The molecule has 1 heterocycles. The van der Waals surface area contributed by atoms with Crippen LogP contribution in [-0.2, 0) is 4.74 Å². The van der Waals surface area contributed by atoms with E-state index in [1.807, 2.05) is 6.66 Å². The highest BCUT2D eigenvalue weighted by Gasteiger charge is 2.35. The van der Waals surface area contributed by atoms with Gasteiger partial charge in [-0.05, 0) is 12.8 Å². The molecule has 1 rings (SSSR count). The molecule has 1 amide bonds. The van der Waals surface area contributed by atoms with Crippen LogP contribution in [0.3, 0.4) is 0 Å². The van der Waals surface area contributed by atoms with Gasteiger partial charge in [-0.2, -0.15) is 0 Å². The maximum absolute atomic E-state index is 10.3. The molecule has 13 heavy (non-hydrogen) atoms. The van der Waals surface area contributed by atoms with Gasteiger partial charge in [-0.1, -0.05) is 0 Å². The third-order valence-electron chi connectivity index (χ3n) is 2.50. The van der Waals surface area contributed by atoms with Crippen LogP contribution in [0.4, 0.5) is 4.79 Å². The van der Waals surface area contributed by atoms with Gasteiger partial charge in [0.2, 0.25) is 0 Å². The summed E-state index contributed by atoms with van der Waals surface area (Å²) in [5.74, 6) is 0.396. The molecule has 76 valence electrons. The number of ether oxygens (including phenoxy) is 1. The predicted octanol–water partition coefficient (Wildman–Crippen LogP) is 1.05. The Bertz CT molecular complexity index is 186. The predicted molar refractivity (Wildman–Crippen MR) is 53.1 cm³/mol. The zero-order valence-corrected chi connectivity index (χ0v) is 8.80. The van der Waals surface area contributed by atoms with Crippen molar-refractivity contribution in [1.82, 2.24) is 0 Å². The van der Waals surface area contributed by atoms with E-state index < -0.39 is 13.6 Å². The average molecular weight is 206 g/mol. The van der Waals surface area contributed by atoms with Gasteiger partial charge in [0.15, 0.2) is 0 Å². The fourth-order valence-electron chi connectivity index (χ4n) is 1.54. The van der Waals surface area contributed by atoms with Crippen LogP contribution in [0, 0.1) is 5.92 Å². The smallest absolute Gasteiger partial charge is 0.404 e. The van der Waals surface area contributed by atoms with Crippen molar-refractivity contribution >= 4 is 13.6 Å². The largest absolute Gasteiger partial charge is 0.449 e. The minimum absolute atomic E-state index is 0.396. The average Bonchev–Trinajstić information content (AvgIpc) is 2.02. The van der Waals surface area contributed by atoms with Crippen LogP contribution in [0.25, 0.3) is 0 Å². The van der Waals surface area contributed by atoms with Crippen LogP contribution in [-0.4, -0.2) is 36.6 Å². The summed E-state index contributed by atoms with van der Waals surface area (Å²) in [6, 6.07) is 0. The number of hydrogen-bond donors (Lipinski definition) is 2. The Morgan fingerprint density at radius 1 is 1.62 bits per heavy atom. The van der Waals surface area contributed by atoms with Crippen molar-refractivity contribution < 1.29 is 14.4 Å². The van der Waals surface area contributed by atoms with E-state index in [9.17, 15) is 9.69 Å². The zero-order chi connectivity index (χ0) is 9.90. The van der Waals surface area contributed by atoms with Crippen LogP contribution in [0.5, 0.6) is 0 Å². The molecule has 1 aliphatic heterocycles. The lowest BCUT2D eigenvalue weighted by Gasteiger charge is -2.26. The first-order valence-corrected chi connectivity index (χ1v) is 7.05. The number of rotatable bonds is 2. The Hall–Kier alpha value is -0.340. The molecular weight excluding hydrogens is 189 g/mol. The topological polar surface area (TPSA) is 72.6 Å². The second-order valence-corrected chi connectivity index (χ2v) is 7.43. The van der Waals surface area contributed by atoms with Crippen molar-refractivity contribution in [3.05, 3.63) is 0 Å². The summed E-state index contributed by atoms with van der Waals surface area (Å²) < 4.78 is 4.72. The van der Waals surface area contributed by atoms with Gasteiger partial charge in [-0.3, -0.25) is 4.89 Å². The Kier molecular flexibility index (Phi) is 3.51. The van der Waals surface area contributed by atoms with Gasteiger partial charge in [-0.25, -0.2) is 4.79 Å². The lowest BCUT2D eigenvalue weighted by Crippen LogP contribution is -2.24. The van der Waals surface area contributed by atoms with Crippen molar-refractivity contribution in [3.63, 3.8) is 0 Å². The lowest BCUT2D eigenvalue weighted by atomic mass is 10.0. The molecule has 0 bridgehead atoms. The number of amides is 1. The Morgan fingerprint density at radius 3 is 2.62 bits per heavy atom. The molecule has 0 atom stereocenters. The number of carbonyl (C=O) groups excluding carboxylic acids is 1. The second-order valence-electron chi connectivity index (χ2n) is 3.86. The van der Waals surface area contributed by atoms with Gasteiger partial charge in [0.05, 0.1) is 25.6 Å². The molecule has 0 aromatic heterocycles. The van der Waals surface area contributed by atoms with Crippen molar-refractivity contribution in [2.75, 3.05) is 25.6 Å². The fourth-order valence-corrected chi connectivity index (χ4v) is 3.61. The minimum Gasteiger partial charge on any atom is -0.449 e. The molecule has 3 N–H and O–H groups in total. The quantitative estimate of drug-likeness (QED) is 0.663. The van der Waals surface area contributed by atoms with Crippen molar-refractivity contribution in [1.29, 1.82) is 0 Å². The molecule has 1 fully saturated rings. The summed E-state index contributed by atoms with van der Waals surface area (Å²) >= 11 is 0. The molecule has 0 aromatic carbocycles. The maximum Gasteiger partial charge on any atom is 0.404 e. The standard InChI is InChI=1S/C8H16NO3P/c1-13(11)4-2-7(3-5-13)6-12-8(9)10/h7,11H,2-6H2,1H3,(H-,9,10)/p+1. The molecule has 0 aliphatic carbocycles. The lowest BCUT2D eigenvalue weighted by molar-refractivity contribution is 0.133. The summed E-state index contributed by atoms with van der Waals surface area (Å²) in [4.78, 5) is 20.1. The fraction of sp³-hybridized carbons (Fsp3) is 0.875. The van der Waals surface area contributed by atoms with Gasteiger partial charge in [0.25, 0.3) is 0 Å². The van der Waals surface area contributed by atoms with Crippen LogP contribution in [0.15, 0.2) is 0 Å². The van der Waals surface area contributed by atoms with Gasteiger partial charge < -0.3 is 10.5 Å². The molecule has 0 radical (unpaired) electrons. The Balaban J connectivity index is 2.21. The van der Waals surface area contributed by atoms with Gasteiger partial charge in [0.1, 0.15) is 7.49 Å². The SMILES string of the molecule is C[P+]1(O)CCC(COC(N)=O)CC1. The van der Waals surface area contributed by atoms with Crippen LogP contribution >= 0.6 is 7.49 Å².